The summed E-state index contributed by atoms with van der Waals surface area (Å²) < 4.78 is 5.23. The van der Waals surface area contributed by atoms with Gasteiger partial charge in [-0.3, -0.25) is 4.98 Å². The minimum atomic E-state index is -0.108. The molecule has 5 heteroatoms. The molecule has 0 bridgehead atoms. The molecule has 2 aromatic rings. The van der Waals surface area contributed by atoms with Crippen LogP contribution in [0.25, 0.3) is 0 Å². The number of amides is 2. The molecular weight excluding hydrogens is 302 g/mol. The van der Waals surface area contributed by atoms with E-state index in [0.717, 1.165) is 23.4 Å². The summed E-state index contributed by atoms with van der Waals surface area (Å²) in [5.74, 6) is 0.826. The van der Waals surface area contributed by atoms with E-state index in [0.29, 0.717) is 0 Å². The number of methoxy groups -OCH3 is 1. The molecular formula is C19H25N3O2. The van der Waals surface area contributed by atoms with Crippen molar-refractivity contribution >= 4 is 6.03 Å². The zero-order valence-corrected chi connectivity index (χ0v) is 14.7. The Morgan fingerprint density at radius 2 is 2.04 bits per heavy atom. The highest BCUT2D eigenvalue weighted by molar-refractivity contribution is 5.74. The van der Waals surface area contributed by atoms with Crippen LogP contribution in [0.3, 0.4) is 0 Å². The van der Waals surface area contributed by atoms with Crippen LogP contribution in [-0.4, -0.2) is 36.1 Å². The van der Waals surface area contributed by atoms with Gasteiger partial charge in [-0.25, -0.2) is 4.79 Å². The second-order valence-electron chi connectivity index (χ2n) is 5.95. The molecule has 0 saturated heterocycles. The van der Waals surface area contributed by atoms with E-state index in [1.54, 1.807) is 25.3 Å². The van der Waals surface area contributed by atoms with Crippen molar-refractivity contribution in [1.29, 1.82) is 0 Å². The van der Waals surface area contributed by atoms with E-state index in [1.807, 2.05) is 56.3 Å². The Kier molecular flexibility index (Phi) is 6.18. The summed E-state index contributed by atoms with van der Waals surface area (Å²) in [6, 6.07) is 13.4. The van der Waals surface area contributed by atoms with Gasteiger partial charge in [-0.05, 0) is 50.1 Å². The lowest BCUT2D eigenvalue weighted by atomic mass is 10.1. The van der Waals surface area contributed by atoms with Gasteiger partial charge in [0.25, 0.3) is 0 Å². The molecule has 0 saturated carbocycles. The maximum absolute atomic E-state index is 12.4. The number of pyridine rings is 1. The van der Waals surface area contributed by atoms with Crippen LogP contribution in [0, 0.1) is 0 Å². The Morgan fingerprint density at radius 1 is 1.25 bits per heavy atom. The van der Waals surface area contributed by atoms with Gasteiger partial charge in [0.05, 0.1) is 18.8 Å². The van der Waals surface area contributed by atoms with E-state index in [1.165, 1.54) is 0 Å². The van der Waals surface area contributed by atoms with Crippen LogP contribution in [0.2, 0.25) is 0 Å². The van der Waals surface area contributed by atoms with Gasteiger partial charge in [0.2, 0.25) is 0 Å². The number of rotatable bonds is 6. The number of urea groups is 1. The first-order valence-electron chi connectivity index (χ1n) is 8.08. The normalized spacial score (nSPS) is 13.0. The van der Waals surface area contributed by atoms with Crippen LogP contribution in [0.4, 0.5) is 4.79 Å². The maximum atomic E-state index is 12.4. The Bertz CT molecular complexity index is 661. The zero-order chi connectivity index (χ0) is 17.5. The average molecular weight is 327 g/mol. The molecule has 0 aliphatic rings. The van der Waals surface area contributed by atoms with Crippen molar-refractivity contribution < 1.29 is 9.53 Å². The second-order valence-corrected chi connectivity index (χ2v) is 5.95. The summed E-state index contributed by atoms with van der Waals surface area (Å²) >= 11 is 0. The van der Waals surface area contributed by atoms with Gasteiger partial charge in [-0.15, -0.1) is 0 Å². The Balaban J connectivity index is 1.93. The summed E-state index contributed by atoms with van der Waals surface area (Å²) in [5, 5.41) is 3.03. The number of hydrogen-bond acceptors (Lipinski definition) is 3. The van der Waals surface area contributed by atoms with Crippen molar-refractivity contribution in [3.05, 3.63) is 59.9 Å². The van der Waals surface area contributed by atoms with Crippen LogP contribution in [0.5, 0.6) is 5.75 Å². The van der Waals surface area contributed by atoms with Crippen molar-refractivity contribution in [1.82, 2.24) is 15.2 Å². The SMILES string of the molecule is COc1cccc(C[C@H](C)NC(=O)N(C)[C@@H](C)c2ccccn2)c1. The monoisotopic (exact) mass is 327 g/mol. The topological polar surface area (TPSA) is 54.5 Å². The highest BCUT2D eigenvalue weighted by Gasteiger charge is 2.19. The number of hydrogen-bond donors (Lipinski definition) is 1. The smallest absolute Gasteiger partial charge is 0.317 e. The highest BCUT2D eigenvalue weighted by Crippen LogP contribution is 2.17. The lowest BCUT2D eigenvalue weighted by Crippen LogP contribution is -2.43. The Morgan fingerprint density at radius 3 is 2.71 bits per heavy atom. The van der Waals surface area contributed by atoms with Crippen LogP contribution in [-0.2, 0) is 6.42 Å². The van der Waals surface area contributed by atoms with E-state index >= 15 is 0 Å². The van der Waals surface area contributed by atoms with Crippen LogP contribution in [0.1, 0.15) is 31.1 Å². The fourth-order valence-corrected chi connectivity index (χ4v) is 2.51. The minimum absolute atomic E-state index is 0.0167. The summed E-state index contributed by atoms with van der Waals surface area (Å²) in [5.41, 5.74) is 2.00. The summed E-state index contributed by atoms with van der Waals surface area (Å²) in [7, 11) is 3.44. The molecule has 2 amide bonds. The molecule has 128 valence electrons. The van der Waals surface area contributed by atoms with Gasteiger partial charge < -0.3 is 15.0 Å². The summed E-state index contributed by atoms with van der Waals surface area (Å²) in [4.78, 5) is 18.4. The summed E-state index contributed by atoms with van der Waals surface area (Å²) in [6.07, 6.45) is 2.48. The van der Waals surface area contributed by atoms with Gasteiger partial charge in [0, 0.05) is 19.3 Å². The van der Waals surface area contributed by atoms with Crippen molar-refractivity contribution in [2.75, 3.05) is 14.2 Å². The van der Waals surface area contributed by atoms with Crippen molar-refractivity contribution in [3.8, 4) is 5.75 Å². The molecule has 0 aliphatic heterocycles. The predicted octanol–water partition coefficient (Wildman–Crippen LogP) is 3.42. The molecule has 1 aromatic heterocycles. The number of carbonyl (C=O) groups is 1. The molecule has 0 aliphatic carbocycles. The lowest BCUT2D eigenvalue weighted by molar-refractivity contribution is 0.190. The van der Waals surface area contributed by atoms with Gasteiger partial charge in [-0.1, -0.05) is 18.2 Å². The number of ether oxygens (including phenoxy) is 1. The predicted molar refractivity (Wildman–Crippen MR) is 95.1 cm³/mol. The molecule has 1 aromatic carbocycles. The van der Waals surface area contributed by atoms with E-state index < -0.39 is 0 Å². The third-order valence-electron chi connectivity index (χ3n) is 4.06. The molecule has 0 unspecified atom stereocenters. The molecule has 0 radical (unpaired) electrons. The summed E-state index contributed by atoms with van der Waals surface area (Å²) in [6.45, 7) is 3.96. The van der Waals surface area contributed by atoms with Crippen LogP contribution < -0.4 is 10.1 Å². The minimum Gasteiger partial charge on any atom is -0.497 e. The van der Waals surface area contributed by atoms with Gasteiger partial charge in [-0.2, -0.15) is 0 Å². The molecule has 2 atom stereocenters. The van der Waals surface area contributed by atoms with Crippen molar-refractivity contribution in [2.24, 2.45) is 0 Å². The van der Waals surface area contributed by atoms with E-state index in [2.05, 4.69) is 10.3 Å². The average Bonchev–Trinajstić information content (AvgIpc) is 2.61. The van der Waals surface area contributed by atoms with E-state index in [9.17, 15) is 4.79 Å². The third-order valence-corrected chi connectivity index (χ3v) is 4.06. The molecule has 0 fully saturated rings. The van der Waals surface area contributed by atoms with Crippen LogP contribution in [0.15, 0.2) is 48.7 Å². The third kappa shape index (κ3) is 4.72. The highest BCUT2D eigenvalue weighted by atomic mass is 16.5. The fraction of sp³-hybridized carbons (Fsp3) is 0.368. The quantitative estimate of drug-likeness (QED) is 0.884. The number of carbonyl (C=O) groups excluding carboxylic acids is 1. The molecule has 1 heterocycles. The lowest BCUT2D eigenvalue weighted by Gasteiger charge is -2.26. The number of benzene rings is 1. The molecule has 5 nitrogen and oxygen atoms in total. The Hall–Kier alpha value is -2.56. The number of aromatic nitrogens is 1. The first-order chi connectivity index (χ1) is 11.5. The largest absolute Gasteiger partial charge is 0.497 e. The standard InChI is InChI=1S/C19H25N3O2/c1-14(12-16-8-7-9-17(13-16)24-4)21-19(23)22(3)15(2)18-10-5-6-11-20-18/h5-11,13-15H,12H2,1-4H3,(H,21,23)/t14-,15-/m0/s1. The Labute approximate surface area is 143 Å². The number of nitrogens with zero attached hydrogens (tertiary/aromatic N) is 2. The van der Waals surface area contributed by atoms with Crippen LogP contribution >= 0.6 is 0 Å². The maximum Gasteiger partial charge on any atom is 0.317 e. The molecule has 24 heavy (non-hydrogen) atoms. The van der Waals surface area contributed by atoms with Crippen molar-refractivity contribution in [3.63, 3.8) is 0 Å². The molecule has 1 N–H and O–H groups in total. The molecule has 0 spiro atoms. The van der Waals surface area contributed by atoms with E-state index in [-0.39, 0.29) is 18.1 Å². The first-order valence-corrected chi connectivity index (χ1v) is 8.08. The fourth-order valence-electron chi connectivity index (χ4n) is 2.51. The van der Waals surface area contributed by atoms with Gasteiger partial charge in [0.1, 0.15) is 5.75 Å². The first kappa shape index (κ1) is 17.8. The molecule has 2 rings (SSSR count). The van der Waals surface area contributed by atoms with Crippen molar-refractivity contribution in [2.45, 2.75) is 32.4 Å². The zero-order valence-electron chi connectivity index (χ0n) is 14.7. The second kappa shape index (κ2) is 8.34. The van der Waals surface area contributed by atoms with Gasteiger partial charge in [0.15, 0.2) is 0 Å². The van der Waals surface area contributed by atoms with Gasteiger partial charge >= 0.3 is 6.03 Å². The number of nitrogens with one attached hydrogen (secondary N) is 1. The van der Waals surface area contributed by atoms with E-state index in [4.69, 9.17) is 4.74 Å².